The van der Waals surface area contributed by atoms with Gasteiger partial charge in [0, 0.05) is 24.5 Å². The van der Waals surface area contributed by atoms with Gasteiger partial charge in [0.2, 0.25) is 11.0 Å². The molecule has 12 heteroatoms. The number of carbonyl (C=O) groups is 1. The highest BCUT2D eigenvalue weighted by molar-refractivity contribution is 7.89. The Hall–Kier alpha value is -3.90. The van der Waals surface area contributed by atoms with E-state index in [-0.39, 0.29) is 29.5 Å². The molecule has 204 valence electrons. The Morgan fingerprint density at radius 1 is 1.03 bits per heavy atom. The maximum absolute atomic E-state index is 13.5. The van der Waals surface area contributed by atoms with Gasteiger partial charge >= 0.3 is 6.36 Å². The number of sulfonamides is 1. The summed E-state index contributed by atoms with van der Waals surface area (Å²) in [7, 11) is -4.15. The molecule has 0 aliphatic carbocycles. The second-order valence-electron chi connectivity index (χ2n) is 9.01. The highest BCUT2D eigenvalue weighted by Gasteiger charge is 2.41. The minimum absolute atomic E-state index is 0.107. The normalized spacial score (nSPS) is 16.5. The Morgan fingerprint density at radius 2 is 1.79 bits per heavy atom. The van der Waals surface area contributed by atoms with E-state index in [1.54, 1.807) is 24.3 Å². The highest BCUT2D eigenvalue weighted by atomic mass is 32.2. The van der Waals surface area contributed by atoms with Crippen molar-refractivity contribution in [2.45, 2.75) is 36.9 Å². The van der Waals surface area contributed by atoms with E-state index in [4.69, 9.17) is 4.42 Å². The fraction of sp³-hybridized carbons (Fsp3) is 0.222. The number of rotatable bonds is 7. The average molecular weight is 563 g/mol. The van der Waals surface area contributed by atoms with Crippen LogP contribution in [0.2, 0.25) is 0 Å². The molecule has 1 saturated heterocycles. The molecule has 1 N–H and O–H groups in total. The van der Waals surface area contributed by atoms with E-state index in [9.17, 15) is 30.8 Å². The Morgan fingerprint density at radius 3 is 2.54 bits per heavy atom. The monoisotopic (exact) mass is 562 g/mol. The summed E-state index contributed by atoms with van der Waals surface area (Å²) in [6.45, 7) is 0.242. The van der Waals surface area contributed by atoms with Gasteiger partial charge in [-0.1, -0.05) is 30.3 Å². The first-order valence-electron chi connectivity index (χ1n) is 11.9. The number of benzene rings is 3. The van der Waals surface area contributed by atoms with Crippen LogP contribution in [0.4, 0.5) is 17.6 Å². The van der Waals surface area contributed by atoms with Crippen LogP contribution < -0.4 is 10.1 Å². The molecule has 1 aromatic heterocycles. The van der Waals surface area contributed by atoms with Gasteiger partial charge in [0.05, 0.1) is 0 Å². The van der Waals surface area contributed by atoms with Crippen molar-refractivity contribution in [1.29, 1.82) is 0 Å². The van der Waals surface area contributed by atoms with E-state index in [1.165, 1.54) is 48.5 Å². The van der Waals surface area contributed by atoms with Crippen LogP contribution in [-0.2, 0) is 21.4 Å². The largest absolute Gasteiger partial charge is 0.573 e. The summed E-state index contributed by atoms with van der Waals surface area (Å²) in [6, 6.07) is 16.5. The van der Waals surface area contributed by atoms with Crippen LogP contribution in [0, 0.1) is 5.82 Å². The van der Waals surface area contributed by atoms with Crippen LogP contribution in [0.15, 0.2) is 82.3 Å². The van der Waals surface area contributed by atoms with Crippen molar-refractivity contribution in [3.63, 3.8) is 0 Å². The number of nitrogens with zero attached hydrogens (tertiary/aromatic N) is 1. The SMILES string of the molecule is O=C(NCc1cccc(-c2ccc(OC(F)(F)F)cc2)c1)C1CCCN1S(=O)(=O)c1cc2cc(F)ccc2o1. The van der Waals surface area contributed by atoms with Crippen molar-refractivity contribution in [2.75, 3.05) is 6.54 Å². The van der Waals surface area contributed by atoms with Crippen LogP contribution >= 0.6 is 0 Å². The van der Waals surface area contributed by atoms with Crippen molar-refractivity contribution in [3.05, 3.63) is 84.2 Å². The molecule has 0 bridgehead atoms. The third-order valence-electron chi connectivity index (χ3n) is 6.34. The van der Waals surface area contributed by atoms with Crippen molar-refractivity contribution in [3.8, 4) is 16.9 Å². The van der Waals surface area contributed by atoms with Gasteiger partial charge < -0.3 is 14.5 Å². The first kappa shape index (κ1) is 26.7. The molecule has 1 amide bonds. The predicted molar refractivity (Wildman–Crippen MR) is 133 cm³/mol. The predicted octanol–water partition coefficient (Wildman–Crippen LogP) is 5.61. The second-order valence-corrected chi connectivity index (χ2v) is 10.8. The number of amides is 1. The van der Waals surface area contributed by atoms with Crippen LogP contribution in [-0.4, -0.2) is 37.6 Å². The van der Waals surface area contributed by atoms with E-state index in [2.05, 4.69) is 10.1 Å². The Balaban J connectivity index is 1.26. The molecule has 7 nitrogen and oxygen atoms in total. The van der Waals surface area contributed by atoms with E-state index >= 15 is 0 Å². The molecule has 5 rings (SSSR count). The molecule has 0 saturated carbocycles. The number of hydrogen-bond donors (Lipinski definition) is 1. The van der Waals surface area contributed by atoms with Gasteiger partial charge in [0.15, 0.2) is 0 Å². The van der Waals surface area contributed by atoms with Gasteiger partial charge in [0.25, 0.3) is 10.0 Å². The summed E-state index contributed by atoms with van der Waals surface area (Å²) in [6.07, 6.45) is -3.97. The van der Waals surface area contributed by atoms with Crippen molar-refractivity contribution in [1.82, 2.24) is 9.62 Å². The molecule has 3 aromatic carbocycles. The maximum atomic E-state index is 13.5. The molecule has 39 heavy (non-hydrogen) atoms. The lowest BCUT2D eigenvalue weighted by molar-refractivity contribution is -0.274. The smallest absolute Gasteiger partial charge is 0.443 e. The zero-order chi connectivity index (χ0) is 27.8. The average Bonchev–Trinajstić information content (AvgIpc) is 3.55. The first-order valence-corrected chi connectivity index (χ1v) is 13.4. The molecule has 1 aliphatic heterocycles. The van der Waals surface area contributed by atoms with Crippen LogP contribution in [0.1, 0.15) is 18.4 Å². The molecule has 2 heterocycles. The molecule has 1 fully saturated rings. The van der Waals surface area contributed by atoms with Crippen molar-refractivity contribution in [2.24, 2.45) is 0 Å². The fourth-order valence-corrected chi connectivity index (χ4v) is 6.15. The number of furan rings is 1. The fourth-order valence-electron chi connectivity index (χ4n) is 4.54. The van der Waals surface area contributed by atoms with Gasteiger partial charge in [-0.2, -0.15) is 4.31 Å². The van der Waals surface area contributed by atoms with Gasteiger partial charge in [-0.3, -0.25) is 4.79 Å². The van der Waals surface area contributed by atoms with Gasteiger partial charge in [-0.05, 0) is 65.9 Å². The number of nitrogens with one attached hydrogen (secondary N) is 1. The quantitative estimate of drug-likeness (QED) is 0.296. The molecule has 1 atom stereocenters. The molecular formula is C27H22F4N2O5S. The summed E-state index contributed by atoms with van der Waals surface area (Å²) < 4.78 is 87.7. The number of carbonyl (C=O) groups excluding carboxylic acids is 1. The van der Waals surface area contributed by atoms with E-state index in [0.29, 0.717) is 34.9 Å². The van der Waals surface area contributed by atoms with Crippen LogP contribution in [0.5, 0.6) is 5.75 Å². The molecule has 4 aromatic rings. The number of alkyl halides is 3. The van der Waals surface area contributed by atoms with E-state index in [0.717, 1.165) is 4.31 Å². The maximum Gasteiger partial charge on any atom is 0.573 e. The molecular weight excluding hydrogens is 540 g/mol. The van der Waals surface area contributed by atoms with Gasteiger partial charge in [0.1, 0.15) is 23.2 Å². The summed E-state index contributed by atoms with van der Waals surface area (Å²) in [5, 5.41) is 2.71. The first-order chi connectivity index (χ1) is 18.5. The standard InChI is InChI=1S/C27H22F4N2O5S/c28-21-8-11-24-20(14-21)15-25(37-24)39(35,36)33-12-2-5-23(33)26(34)32-16-17-3-1-4-19(13-17)18-6-9-22(10-7-18)38-27(29,30)31/h1,3-4,6-11,13-15,23H,2,5,12,16H2,(H,32,34). The van der Waals surface area contributed by atoms with Gasteiger partial charge in [-0.25, -0.2) is 12.8 Å². The summed E-state index contributed by atoms with van der Waals surface area (Å²) in [5.74, 6) is -1.33. The van der Waals surface area contributed by atoms with Gasteiger partial charge in [-0.15, -0.1) is 13.2 Å². The minimum Gasteiger partial charge on any atom is -0.443 e. The Labute approximate surface area is 221 Å². The lowest BCUT2D eigenvalue weighted by Crippen LogP contribution is -2.45. The molecule has 0 spiro atoms. The van der Waals surface area contributed by atoms with E-state index < -0.39 is 34.2 Å². The summed E-state index contributed by atoms with van der Waals surface area (Å²) in [4.78, 5) is 13.0. The molecule has 1 unspecified atom stereocenters. The lowest BCUT2D eigenvalue weighted by atomic mass is 10.0. The van der Waals surface area contributed by atoms with E-state index in [1.807, 2.05) is 0 Å². The third-order valence-corrected chi connectivity index (χ3v) is 8.10. The number of fused-ring (bicyclic) bond motifs is 1. The topological polar surface area (TPSA) is 88.9 Å². The number of hydrogen-bond acceptors (Lipinski definition) is 5. The molecule has 1 aliphatic rings. The zero-order valence-corrected chi connectivity index (χ0v) is 21.1. The third kappa shape index (κ3) is 5.91. The number of ether oxygens (including phenoxy) is 1. The molecule has 0 radical (unpaired) electrons. The minimum atomic E-state index is -4.78. The Kier molecular flexibility index (Phi) is 7.08. The summed E-state index contributed by atoms with van der Waals surface area (Å²) >= 11 is 0. The van der Waals surface area contributed by atoms with Crippen molar-refractivity contribution >= 4 is 26.9 Å². The van der Waals surface area contributed by atoms with Crippen LogP contribution in [0.3, 0.4) is 0 Å². The van der Waals surface area contributed by atoms with Crippen LogP contribution in [0.25, 0.3) is 22.1 Å². The zero-order valence-electron chi connectivity index (χ0n) is 20.2. The highest BCUT2D eigenvalue weighted by Crippen LogP contribution is 2.31. The number of halogens is 4. The Bertz CT molecular complexity index is 1620. The summed E-state index contributed by atoms with van der Waals surface area (Å²) in [5.41, 5.74) is 2.30. The lowest BCUT2D eigenvalue weighted by Gasteiger charge is -2.22. The second kappa shape index (κ2) is 10.3. The van der Waals surface area contributed by atoms with Crippen molar-refractivity contribution < 1.29 is 39.9 Å².